The minimum atomic E-state index is 0.451. The lowest BCUT2D eigenvalue weighted by Crippen LogP contribution is -2.46. The maximum Gasteiger partial charge on any atom is 0.0702 e. The summed E-state index contributed by atoms with van der Waals surface area (Å²) in [5, 5.41) is 1.12. The quantitative estimate of drug-likeness (QED) is 0.625. The Balaban J connectivity index is 2.45. The standard InChI is InChI=1S/C15H30BrNO/c1-4-10-18-14-8-7-9-17(11-14)13-15(5-2,6-3)12-16/h14H,4-13H2,1-3H3. The van der Waals surface area contributed by atoms with Crippen molar-refractivity contribution in [3.8, 4) is 0 Å². The SMILES string of the molecule is CCCOC1CCCN(CC(CC)(CC)CBr)C1. The Hall–Kier alpha value is 0.400. The minimum absolute atomic E-state index is 0.451. The molecule has 1 heterocycles. The van der Waals surface area contributed by atoms with Gasteiger partial charge in [0.05, 0.1) is 6.10 Å². The Morgan fingerprint density at radius 3 is 2.56 bits per heavy atom. The van der Waals surface area contributed by atoms with Crippen LogP contribution < -0.4 is 0 Å². The average molecular weight is 320 g/mol. The van der Waals surface area contributed by atoms with Crippen molar-refractivity contribution < 1.29 is 4.74 Å². The third-order valence-electron chi connectivity index (χ3n) is 4.36. The zero-order valence-corrected chi connectivity index (χ0v) is 14.0. The first-order valence-corrected chi connectivity index (χ1v) is 8.71. The molecule has 0 aliphatic carbocycles. The fourth-order valence-corrected chi connectivity index (χ4v) is 3.73. The van der Waals surface area contributed by atoms with Crippen LogP contribution in [-0.4, -0.2) is 42.6 Å². The Morgan fingerprint density at radius 2 is 2.00 bits per heavy atom. The number of alkyl halides is 1. The second-order valence-corrected chi connectivity index (χ2v) is 6.27. The summed E-state index contributed by atoms with van der Waals surface area (Å²) in [7, 11) is 0. The molecule has 0 N–H and O–H groups in total. The zero-order chi connectivity index (χ0) is 13.4. The minimum Gasteiger partial charge on any atom is -0.377 e. The number of hydrogen-bond donors (Lipinski definition) is 0. The van der Waals surface area contributed by atoms with E-state index >= 15 is 0 Å². The predicted octanol–water partition coefficient (Wildman–Crippen LogP) is 4.08. The van der Waals surface area contributed by atoms with Crippen LogP contribution in [0.1, 0.15) is 52.9 Å². The van der Waals surface area contributed by atoms with E-state index in [1.54, 1.807) is 0 Å². The van der Waals surface area contributed by atoms with E-state index in [4.69, 9.17) is 4.74 Å². The van der Waals surface area contributed by atoms with Crippen molar-refractivity contribution in [2.75, 3.05) is 31.6 Å². The first-order valence-electron chi connectivity index (χ1n) is 7.59. The zero-order valence-electron chi connectivity index (χ0n) is 12.4. The largest absolute Gasteiger partial charge is 0.377 e. The number of halogens is 1. The number of likely N-dealkylation sites (tertiary alicyclic amines) is 1. The highest BCUT2D eigenvalue weighted by Crippen LogP contribution is 2.31. The second kappa shape index (κ2) is 8.55. The highest BCUT2D eigenvalue weighted by Gasteiger charge is 2.30. The summed E-state index contributed by atoms with van der Waals surface area (Å²) < 4.78 is 5.92. The summed E-state index contributed by atoms with van der Waals surface area (Å²) in [5.41, 5.74) is 0.451. The molecule has 3 heteroatoms. The van der Waals surface area contributed by atoms with Gasteiger partial charge in [0.15, 0.2) is 0 Å². The molecular formula is C15H30BrNO. The molecule has 18 heavy (non-hydrogen) atoms. The molecule has 0 aromatic rings. The van der Waals surface area contributed by atoms with E-state index in [2.05, 4.69) is 41.6 Å². The van der Waals surface area contributed by atoms with Crippen LogP contribution in [0.25, 0.3) is 0 Å². The molecule has 1 aliphatic heterocycles. The highest BCUT2D eigenvalue weighted by atomic mass is 79.9. The molecule has 1 unspecified atom stereocenters. The molecule has 0 aromatic heterocycles. The van der Waals surface area contributed by atoms with Crippen molar-refractivity contribution in [3.63, 3.8) is 0 Å². The predicted molar refractivity (Wildman–Crippen MR) is 82.5 cm³/mol. The van der Waals surface area contributed by atoms with Gasteiger partial charge in [0, 0.05) is 25.0 Å². The lowest BCUT2D eigenvalue weighted by atomic mass is 9.83. The summed E-state index contributed by atoms with van der Waals surface area (Å²) >= 11 is 3.72. The van der Waals surface area contributed by atoms with Crippen LogP contribution in [0.2, 0.25) is 0 Å². The van der Waals surface area contributed by atoms with Gasteiger partial charge in [0.1, 0.15) is 0 Å². The van der Waals surface area contributed by atoms with Crippen LogP contribution in [-0.2, 0) is 4.74 Å². The molecule has 1 atom stereocenters. The smallest absolute Gasteiger partial charge is 0.0702 e. The molecule has 0 saturated carbocycles. The van der Waals surface area contributed by atoms with Gasteiger partial charge in [-0.15, -0.1) is 0 Å². The first kappa shape index (κ1) is 16.5. The molecule has 0 amide bonds. The Labute approximate surface area is 122 Å². The van der Waals surface area contributed by atoms with Gasteiger partial charge in [-0.05, 0) is 44.1 Å². The molecule has 0 spiro atoms. The summed E-state index contributed by atoms with van der Waals surface area (Å²) in [5.74, 6) is 0. The van der Waals surface area contributed by atoms with Crippen molar-refractivity contribution in [1.29, 1.82) is 0 Å². The van der Waals surface area contributed by atoms with Crippen LogP contribution in [0.15, 0.2) is 0 Å². The molecule has 0 aromatic carbocycles. The van der Waals surface area contributed by atoms with E-state index in [1.165, 1.54) is 38.8 Å². The van der Waals surface area contributed by atoms with E-state index in [0.29, 0.717) is 11.5 Å². The van der Waals surface area contributed by atoms with Gasteiger partial charge in [-0.1, -0.05) is 36.7 Å². The molecule has 1 saturated heterocycles. The summed E-state index contributed by atoms with van der Waals surface area (Å²) in [6.45, 7) is 11.3. The van der Waals surface area contributed by atoms with E-state index in [-0.39, 0.29) is 0 Å². The summed E-state index contributed by atoms with van der Waals surface area (Å²) in [4.78, 5) is 2.62. The third-order valence-corrected chi connectivity index (χ3v) is 5.55. The van der Waals surface area contributed by atoms with Crippen LogP contribution in [0.3, 0.4) is 0 Å². The molecular weight excluding hydrogens is 290 g/mol. The van der Waals surface area contributed by atoms with Gasteiger partial charge in [0.25, 0.3) is 0 Å². The molecule has 1 fully saturated rings. The van der Waals surface area contributed by atoms with Gasteiger partial charge in [-0.3, -0.25) is 0 Å². The maximum atomic E-state index is 5.92. The molecule has 1 aliphatic rings. The number of hydrogen-bond acceptors (Lipinski definition) is 2. The topological polar surface area (TPSA) is 12.5 Å². The number of nitrogens with zero attached hydrogens (tertiary/aromatic N) is 1. The van der Waals surface area contributed by atoms with E-state index < -0.39 is 0 Å². The highest BCUT2D eigenvalue weighted by molar-refractivity contribution is 9.09. The van der Waals surface area contributed by atoms with Crippen LogP contribution in [0.5, 0.6) is 0 Å². The summed E-state index contributed by atoms with van der Waals surface area (Å²) in [6, 6.07) is 0. The molecule has 0 radical (unpaired) electrons. The maximum absolute atomic E-state index is 5.92. The van der Waals surface area contributed by atoms with E-state index in [9.17, 15) is 0 Å². The van der Waals surface area contributed by atoms with Crippen LogP contribution in [0.4, 0.5) is 0 Å². The Morgan fingerprint density at radius 1 is 1.28 bits per heavy atom. The molecule has 108 valence electrons. The summed E-state index contributed by atoms with van der Waals surface area (Å²) in [6.07, 6.45) is 6.65. The second-order valence-electron chi connectivity index (χ2n) is 5.71. The molecule has 1 rings (SSSR count). The van der Waals surface area contributed by atoms with Crippen LogP contribution >= 0.6 is 15.9 Å². The van der Waals surface area contributed by atoms with Crippen molar-refractivity contribution >= 4 is 15.9 Å². The first-order chi connectivity index (χ1) is 8.69. The molecule has 2 nitrogen and oxygen atoms in total. The van der Waals surface area contributed by atoms with Gasteiger partial charge in [-0.2, -0.15) is 0 Å². The lowest BCUT2D eigenvalue weighted by molar-refractivity contribution is -0.0106. The fraction of sp³-hybridized carbons (Fsp3) is 1.00. The average Bonchev–Trinajstić information content (AvgIpc) is 2.43. The fourth-order valence-electron chi connectivity index (χ4n) is 2.76. The third kappa shape index (κ3) is 4.82. The van der Waals surface area contributed by atoms with Gasteiger partial charge in [-0.25, -0.2) is 0 Å². The van der Waals surface area contributed by atoms with Crippen molar-refractivity contribution in [2.45, 2.75) is 59.0 Å². The number of rotatable bonds is 8. The number of ether oxygens (including phenoxy) is 1. The van der Waals surface area contributed by atoms with E-state index in [0.717, 1.165) is 24.9 Å². The normalized spacial score (nSPS) is 22.3. The van der Waals surface area contributed by atoms with E-state index in [1.807, 2.05) is 0 Å². The van der Waals surface area contributed by atoms with Crippen molar-refractivity contribution in [1.82, 2.24) is 4.90 Å². The van der Waals surface area contributed by atoms with Gasteiger partial charge < -0.3 is 9.64 Å². The Bertz CT molecular complexity index is 210. The Kier molecular flexibility index (Phi) is 7.81. The van der Waals surface area contributed by atoms with Crippen molar-refractivity contribution in [2.24, 2.45) is 5.41 Å². The monoisotopic (exact) mass is 319 g/mol. The van der Waals surface area contributed by atoms with Gasteiger partial charge in [0.2, 0.25) is 0 Å². The molecule has 0 bridgehead atoms. The lowest BCUT2D eigenvalue weighted by Gasteiger charge is -2.40. The van der Waals surface area contributed by atoms with Crippen LogP contribution in [0, 0.1) is 5.41 Å². The van der Waals surface area contributed by atoms with Crippen molar-refractivity contribution in [3.05, 3.63) is 0 Å². The number of piperidine rings is 1. The van der Waals surface area contributed by atoms with Gasteiger partial charge >= 0.3 is 0 Å².